The minimum Gasteiger partial charge on any atom is -0.497 e. The van der Waals surface area contributed by atoms with Gasteiger partial charge >= 0.3 is 5.97 Å². The highest BCUT2D eigenvalue weighted by atomic mass is 16.5. The fourth-order valence-corrected chi connectivity index (χ4v) is 1.71. The Morgan fingerprint density at radius 2 is 1.95 bits per heavy atom. The molecule has 0 saturated heterocycles. The van der Waals surface area contributed by atoms with Crippen LogP contribution in [0.3, 0.4) is 0 Å². The number of hydrogen-bond acceptors (Lipinski definition) is 4. The van der Waals surface area contributed by atoms with Crippen molar-refractivity contribution in [3.8, 4) is 11.4 Å². The fraction of sp³-hybridized carbons (Fsp3) is 0.286. The number of esters is 1. The van der Waals surface area contributed by atoms with Gasteiger partial charge in [-0.05, 0) is 30.3 Å². The second kappa shape index (κ2) is 6.04. The molecule has 0 amide bonds. The molecule has 2 aromatic rings. The Hall–Kier alpha value is -2.30. The lowest BCUT2D eigenvalue weighted by atomic mass is 10.2. The monoisotopic (exact) mass is 260 g/mol. The lowest BCUT2D eigenvalue weighted by Gasteiger charge is -2.03. The third-order valence-corrected chi connectivity index (χ3v) is 2.79. The Morgan fingerprint density at radius 1 is 1.21 bits per heavy atom. The van der Waals surface area contributed by atoms with Crippen molar-refractivity contribution in [1.82, 2.24) is 9.78 Å². The van der Waals surface area contributed by atoms with E-state index in [2.05, 4.69) is 9.84 Å². The van der Waals surface area contributed by atoms with Gasteiger partial charge in [0.25, 0.3) is 0 Å². The molecule has 1 aromatic heterocycles. The zero-order chi connectivity index (χ0) is 13.7. The molecule has 5 nitrogen and oxygen atoms in total. The Labute approximate surface area is 111 Å². The number of nitrogens with zero attached hydrogens (tertiary/aromatic N) is 2. The largest absolute Gasteiger partial charge is 0.497 e. The second-order valence-corrected chi connectivity index (χ2v) is 4.03. The summed E-state index contributed by atoms with van der Waals surface area (Å²) < 4.78 is 11.5. The molecular weight excluding hydrogens is 244 g/mol. The van der Waals surface area contributed by atoms with Gasteiger partial charge in [-0.3, -0.25) is 4.79 Å². The van der Waals surface area contributed by atoms with Crippen LogP contribution in [-0.4, -0.2) is 30.0 Å². The van der Waals surface area contributed by atoms with Gasteiger partial charge in [0.2, 0.25) is 0 Å². The predicted octanol–water partition coefficient (Wildman–Crippen LogP) is 1.99. The number of aromatic nitrogens is 2. The van der Waals surface area contributed by atoms with Gasteiger partial charge in [0.15, 0.2) is 0 Å². The highest BCUT2D eigenvalue weighted by Gasteiger charge is 2.05. The van der Waals surface area contributed by atoms with Crippen LogP contribution in [0.4, 0.5) is 0 Å². The van der Waals surface area contributed by atoms with E-state index in [1.165, 1.54) is 7.11 Å². The summed E-state index contributed by atoms with van der Waals surface area (Å²) in [5.41, 5.74) is 1.81. The van der Waals surface area contributed by atoms with Crippen LogP contribution in [-0.2, 0) is 16.0 Å². The fourth-order valence-electron chi connectivity index (χ4n) is 1.71. The molecular formula is C14H16N2O3. The van der Waals surface area contributed by atoms with Crippen molar-refractivity contribution in [3.05, 3.63) is 42.2 Å². The number of carbonyl (C=O) groups is 1. The third-order valence-electron chi connectivity index (χ3n) is 2.79. The number of aryl methyl sites for hydroxylation is 1. The molecule has 0 saturated carbocycles. The number of methoxy groups -OCH3 is 2. The van der Waals surface area contributed by atoms with Gasteiger partial charge in [0.1, 0.15) is 5.75 Å². The summed E-state index contributed by atoms with van der Waals surface area (Å²) in [6, 6.07) is 9.51. The summed E-state index contributed by atoms with van der Waals surface area (Å²) in [6.07, 6.45) is 2.79. The van der Waals surface area contributed by atoms with E-state index in [0.29, 0.717) is 12.8 Å². The summed E-state index contributed by atoms with van der Waals surface area (Å²) in [4.78, 5) is 11.1. The molecule has 2 rings (SSSR count). The minimum atomic E-state index is -0.223. The molecule has 19 heavy (non-hydrogen) atoms. The van der Waals surface area contributed by atoms with Crippen LogP contribution >= 0.6 is 0 Å². The summed E-state index contributed by atoms with van der Waals surface area (Å²) in [7, 11) is 3.02. The van der Waals surface area contributed by atoms with Crippen LogP contribution in [0.1, 0.15) is 12.1 Å². The van der Waals surface area contributed by atoms with Gasteiger partial charge in [-0.2, -0.15) is 5.10 Å². The van der Waals surface area contributed by atoms with E-state index in [-0.39, 0.29) is 5.97 Å². The molecule has 0 N–H and O–H groups in total. The van der Waals surface area contributed by atoms with Crippen LogP contribution in [0.5, 0.6) is 5.75 Å². The Balaban J connectivity index is 2.05. The summed E-state index contributed by atoms with van der Waals surface area (Å²) in [5.74, 6) is 0.584. The maximum Gasteiger partial charge on any atom is 0.305 e. The molecule has 1 heterocycles. The first kappa shape index (κ1) is 13.1. The van der Waals surface area contributed by atoms with E-state index in [9.17, 15) is 4.79 Å². The van der Waals surface area contributed by atoms with Gasteiger partial charge in [-0.25, -0.2) is 4.68 Å². The van der Waals surface area contributed by atoms with Crippen LogP contribution in [0.15, 0.2) is 36.5 Å². The first-order valence-electron chi connectivity index (χ1n) is 5.98. The van der Waals surface area contributed by atoms with Crippen molar-refractivity contribution in [1.29, 1.82) is 0 Å². The SMILES string of the molecule is COC(=O)CCc1ccn(-c2ccc(OC)cc2)n1. The van der Waals surface area contributed by atoms with Crippen molar-refractivity contribution < 1.29 is 14.3 Å². The van der Waals surface area contributed by atoms with E-state index < -0.39 is 0 Å². The van der Waals surface area contributed by atoms with Crippen LogP contribution in [0.25, 0.3) is 5.69 Å². The molecule has 100 valence electrons. The standard InChI is InChI=1S/C14H16N2O3/c1-18-13-6-4-12(5-7-13)16-10-9-11(15-16)3-8-14(17)19-2/h4-7,9-10H,3,8H2,1-2H3. The molecule has 0 aliphatic rings. The first-order chi connectivity index (χ1) is 9.22. The van der Waals surface area contributed by atoms with Gasteiger partial charge in [-0.1, -0.05) is 0 Å². The Bertz CT molecular complexity index is 546. The molecule has 0 bridgehead atoms. The van der Waals surface area contributed by atoms with Crippen LogP contribution in [0, 0.1) is 0 Å². The normalized spacial score (nSPS) is 10.2. The average Bonchev–Trinajstić information content (AvgIpc) is 2.93. The smallest absolute Gasteiger partial charge is 0.305 e. The Morgan fingerprint density at radius 3 is 2.58 bits per heavy atom. The van der Waals surface area contributed by atoms with E-state index >= 15 is 0 Å². The van der Waals surface area contributed by atoms with Crippen LogP contribution in [0.2, 0.25) is 0 Å². The van der Waals surface area contributed by atoms with Crippen molar-refractivity contribution in [2.45, 2.75) is 12.8 Å². The van der Waals surface area contributed by atoms with E-state index in [0.717, 1.165) is 17.1 Å². The predicted molar refractivity (Wildman–Crippen MR) is 70.5 cm³/mol. The summed E-state index contributed by atoms with van der Waals surface area (Å²) in [5, 5.41) is 4.41. The lowest BCUT2D eigenvalue weighted by Crippen LogP contribution is -2.03. The maximum absolute atomic E-state index is 11.1. The lowest BCUT2D eigenvalue weighted by molar-refractivity contribution is -0.140. The third kappa shape index (κ3) is 3.34. The van der Waals surface area contributed by atoms with Crippen molar-refractivity contribution in [3.63, 3.8) is 0 Å². The molecule has 5 heteroatoms. The van der Waals surface area contributed by atoms with E-state index in [4.69, 9.17) is 4.74 Å². The average molecular weight is 260 g/mol. The number of rotatable bonds is 5. The van der Waals surface area contributed by atoms with Gasteiger partial charge in [0.05, 0.1) is 32.0 Å². The number of benzene rings is 1. The molecule has 0 radical (unpaired) electrons. The highest BCUT2D eigenvalue weighted by molar-refractivity contribution is 5.69. The zero-order valence-corrected chi connectivity index (χ0v) is 11.0. The van der Waals surface area contributed by atoms with E-state index in [1.54, 1.807) is 11.8 Å². The van der Waals surface area contributed by atoms with Crippen molar-refractivity contribution in [2.24, 2.45) is 0 Å². The molecule has 0 atom stereocenters. The van der Waals surface area contributed by atoms with Crippen molar-refractivity contribution in [2.75, 3.05) is 14.2 Å². The van der Waals surface area contributed by atoms with E-state index in [1.807, 2.05) is 36.5 Å². The maximum atomic E-state index is 11.1. The van der Waals surface area contributed by atoms with Crippen molar-refractivity contribution >= 4 is 5.97 Å². The van der Waals surface area contributed by atoms with Gasteiger partial charge < -0.3 is 9.47 Å². The number of ether oxygens (including phenoxy) is 2. The second-order valence-electron chi connectivity index (χ2n) is 4.03. The van der Waals surface area contributed by atoms with Gasteiger partial charge in [-0.15, -0.1) is 0 Å². The van der Waals surface area contributed by atoms with Crippen LogP contribution < -0.4 is 4.74 Å². The topological polar surface area (TPSA) is 53.4 Å². The number of hydrogen-bond donors (Lipinski definition) is 0. The quantitative estimate of drug-likeness (QED) is 0.771. The molecule has 0 fully saturated rings. The Kier molecular flexibility index (Phi) is 4.18. The highest BCUT2D eigenvalue weighted by Crippen LogP contribution is 2.14. The molecule has 1 aromatic carbocycles. The molecule has 0 spiro atoms. The zero-order valence-electron chi connectivity index (χ0n) is 11.0. The molecule has 0 aliphatic heterocycles. The van der Waals surface area contributed by atoms with Gasteiger partial charge in [0, 0.05) is 12.6 Å². The molecule has 0 aliphatic carbocycles. The molecule has 0 unspecified atom stereocenters. The first-order valence-corrected chi connectivity index (χ1v) is 5.98. The summed E-state index contributed by atoms with van der Waals surface area (Å²) >= 11 is 0. The summed E-state index contributed by atoms with van der Waals surface area (Å²) in [6.45, 7) is 0. The minimum absolute atomic E-state index is 0.223. The number of carbonyl (C=O) groups excluding carboxylic acids is 1.